The Morgan fingerprint density at radius 1 is 0.691 bits per heavy atom. The number of amides is 6. The number of H-pyrrole nitrogens is 1. The molecule has 1 saturated heterocycles. The fourth-order valence-corrected chi connectivity index (χ4v) is 8.36. The van der Waals surface area contributed by atoms with E-state index in [1.807, 2.05) is 68.4 Å². The smallest absolute Gasteiger partial charge is 0.326 e. The Morgan fingerprint density at radius 2 is 1.25 bits per heavy atom. The highest BCUT2D eigenvalue weighted by Gasteiger charge is 2.41. The molecule has 6 amide bonds. The largest absolute Gasteiger partial charge is 0.481 e. The molecule has 8 unspecified atom stereocenters. The average molecular weight is 937 g/mol. The van der Waals surface area contributed by atoms with E-state index < -0.39 is 102 Å². The number of hydrogen-bond donors (Lipinski definition) is 9. The maximum Gasteiger partial charge on any atom is 0.326 e. The Bertz CT molecular complexity index is 2390. The number of aromatic amines is 1. The SMILES string of the molecule is CCC(C)C(NC(=O)C1CCCN1C(=O)C(Cc1ccccc1)NC(=O)C(CC(C)C)NC(=O)C(Cc1ccccc1)NC(=O)C(N)Cc1c[nH]c2ccccc12)C(=O)NC(CC(=O)O)C(=O)O. The zero-order valence-corrected chi connectivity index (χ0v) is 38.9. The molecule has 0 spiro atoms. The molecule has 2 heterocycles. The van der Waals surface area contributed by atoms with Gasteiger partial charge in [0.25, 0.3) is 0 Å². The fraction of sp³-hybridized carbons (Fsp3) is 0.440. The summed E-state index contributed by atoms with van der Waals surface area (Å²) in [7, 11) is 0. The van der Waals surface area contributed by atoms with Crippen LogP contribution in [0.3, 0.4) is 0 Å². The molecule has 10 N–H and O–H groups in total. The molecule has 68 heavy (non-hydrogen) atoms. The third-order valence-electron chi connectivity index (χ3n) is 12.2. The van der Waals surface area contributed by atoms with Gasteiger partial charge < -0.3 is 52.4 Å². The first-order valence-electron chi connectivity index (χ1n) is 23.1. The number of nitrogens with zero attached hydrogens (tertiary/aromatic N) is 1. The number of carbonyl (C=O) groups is 8. The van der Waals surface area contributed by atoms with Crippen molar-refractivity contribution < 1.29 is 48.6 Å². The van der Waals surface area contributed by atoms with Crippen LogP contribution in [0.2, 0.25) is 0 Å². The summed E-state index contributed by atoms with van der Waals surface area (Å²) in [5, 5.41) is 33.1. The fourth-order valence-electron chi connectivity index (χ4n) is 8.36. The van der Waals surface area contributed by atoms with Crippen molar-refractivity contribution in [3.8, 4) is 0 Å². The predicted molar refractivity (Wildman–Crippen MR) is 253 cm³/mol. The van der Waals surface area contributed by atoms with Crippen molar-refractivity contribution >= 4 is 58.3 Å². The molecule has 1 aromatic heterocycles. The average Bonchev–Trinajstić information content (AvgIpc) is 3.97. The van der Waals surface area contributed by atoms with Crippen LogP contribution in [-0.2, 0) is 57.6 Å². The molecule has 8 atom stereocenters. The first-order chi connectivity index (χ1) is 32.4. The van der Waals surface area contributed by atoms with Crippen molar-refractivity contribution in [2.45, 2.75) is 121 Å². The van der Waals surface area contributed by atoms with Gasteiger partial charge in [0, 0.05) is 36.5 Å². The molecule has 5 rings (SSSR count). The second-order valence-electron chi connectivity index (χ2n) is 17.9. The number of hydrogen-bond acceptors (Lipinski definition) is 9. The minimum absolute atomic E-state index is 0.0255. The highest BCUT2D eigenvalue weighted by atomic mass is 16.4. The lowest BCUT2D eigenvalue weighted by molar-refractivity contribution is -0.148. The van der Waals surface area contributed by atoms with Crippen LogP contribution >= 0.6 is 0 Å². The van der Waals surface area contributed by atoms with Gasteiger partial charge in [0.2, 0.25) is 35.4 Å². The second kappa shape index (κ2) is 24.6. The summed E-state index contributed by atoms with van der Waals surface area (Å²) in [6.07, 6.45) is 2.42. The van der Waals surface area contributed by atoms with Gasteiger partial charge in [-0.3, -0.25) is 33.6 Å². The van der Waals surface area contributed by atoms with Crippen LogP contribution in [0.1, 0.15) is 76.5 Å². The molecule has 18 nitrogen and oxygen atoms in total. The van der Waals surface area contributed by atoms with E-state index in [0.29, 0.717) is 18.4 Å². The Kier molecular flexibility index (Phi) is 18.8. The summed E-state index contributed by atoms with van der Waals surface area (Å²) in [5.74, 6) is -7.62. The Hall–Kier alpha value is -7.08. The van der Waals surface area contributed by atoms with Crippen molar-refractivity contribution in [3.05, 3.63) is 108 Å². The van der Waals surface area contributed by atoms with E-state index in [2.05, 4.69) is 31.6 Å². The predicted octanol–water partition coefficient (Wildman–Crippen LogP) is 2.59. The molecular weight excluding hydrogens is 873 g/mol. The number of para-hydroxylation sites is 1. The van der Waals surface area contributed by atoms with Crippen LogP contribution in [0, 0.1) is 11.8 Å². The van der Waals surface area contributed by atoms with Crippen LogP contribution in [0.4, 0.5) is 0 Å². The minimum Gasteiger partial charge on any atom is -0.481 e. The first-order valence-corrected chi connectivity index (χ1v) is 23.1. The van der Waals surface area contributed by atoms with Gasteiger partial charge >= 0.3 is 11.9 Å². The van der Waals surface area contributed by atoms with Crippen molar-refractivity contribution in [2.75, 3.05) is 6.54 Å². The zero-order chi connectivity index (χ0) is 49.5. The number of likely N-dealkylation sites (tertiary alicyclic amines) is 1. The number of nitrogens with one attached hydrogen (secondary N) is 6. The monoisotopic (exact) mass is 936 g/mol. The van der Waals surface area contributed by atoms with E-state index in [4.69, 9.17) is 5.73 Å². The van der Waals surface area contributed by atoms with Crippen LogP contribution in [0.15, 0.2) is 91.1 Å². The third-order valence-corrected chi connectivity index (χ3v) is 12.2. The van der Waals surface area contributed by atoms with Crippen LogP contribution in [-0.4, -0.2) is 116 Å². The lowest BCUT2D eigenvalue weighted by Crippen LogP contribution is -2.60. The summed E-state index contributed by atoms with van der Waals surface area (Å²) < 4.78 is 0. The molecule has 4 aromatic rings. The molecule has 3 aromatic carbocycles. The number of rotatable bonds is 24. The molecule has 0 saturated carbocycles. The number of carboxylic acid groups (broad SMARTS) is 2. The van der Waals surface area contributed by atoms with E-state index in [0.717, 1.165) is 22.0 Å². The van der Waals surface area contributed by atoms with E-state index in [9.17, 15) is 48.6 Å². The molecular formula is C50H64N8O10. The maximum absolute atomic E-state index is 14.7. The molecule has 1 aliphatic rings. The Labute approximate surface area is 395 Å². The lowest BCUT2D eigenvalue weighted by Gasteiger charge is -2.32. The molecule has 1 fully saturated rings. The number of aromatic nitrogens is 1. The quantitative estimate of drug-likeness (QED) is 0.0493. The Balaban J connectivity index is 1.35. The van der Waals surface area contributed by atoms with Gasteiger partial charge in [0.1, 0.15) is 36.3 Å². The topological polar surface area (TPSA) is 282 Å². The van der Waals surface area contributed by atoms with Crippen LogP contribution < -0.4 is 32.3 Å². The summed E-state index contributed by atoms with van der Waals surface area (Å²) in [4.78, 5) is 112. The van der Waals surface area contributed by atoms with Crippen molar-refractivity contribution in [1.82, 2.24) is 36.5 Å². The number of fused-ring (bicyclic) bond motifs is 1. The summed E-state index contributed by atoms with van der Waals surface area (Å²) in [6.45, 7) is 7.34. The maximum atomic E-state index is 14.7. The molecule has 18 heteroatoms. The van der Waals surface area contributed by atoms with Gasteiger partial charge in [0.15, 0.2) is 0 Å². The molecule has 0 aliphatic carbocycles. The number of aliphatic carboxylic acids is 2. The van der Waals surface area contributed by atoms with Crippen LogP contribution in [0.25, 0.3) is 10.9 Å². The second-order valence-corrected chi connectivity index (χ2v) is 17.9. The standard InChI is InChI=1S/C50H64N8O10/c1-5-30(4)43(48(65)56-40(50(67)68)27-42(59)60)57-47(64)41-21-14-22-58(41)49(66)39(25-32-17-10-7-11-18-32)55-45(62)37(23-29(2)3)54-46(63)38(24-31-15-8-6-9-16-31)53-44(61)35(51)26-33-28-52-36-20-13-12-19-34(33)36/h6-13,15-20,28-30,35,37-41,43,52H,5,14,21-27,51H2,1-4H3,(H,53,61)(H,54,63)(H,55,62)(H,56,65)(H,57,64)(H,59,60)(H,67,68). The van der Waals surface area contributed by atoms with Gasteiger partial charge in [0.05, 0.1) is 12.5 Å². The number of nitrogens with two attached hydrogens (primary N) is 1. The highest BCUT2D eigenvalue weighted by Crippen LogP contribution is 2.22. The minimum atomic E-state index is -1.74. The zero-order valence-electron chi connectivity index (χ0n) is 38.9. The van der Waals surface area contributed by atoms with Gasteiger partial charge in [-0.1, -0.05) is 113 Å². The van der Waals surface area contributed by atoms with Gasteiger partial charge in [-0.25, -0.2) is 4.79 Å². The normalized spacial score (nSPS) is 16.6. The molecule has 364 valence electrons. The van der Waals surface area contributed by atoms with E-state index in [-0.39, 0.29) is 44.6 Å². The Morgan fingerprint density at radius 3 is 1.85 bits per heavy atom. The molecule has 0 radical (unpaired) electrons. The van der Waals surface area contributed by atoms with Crippen molar-refractivity contribution in [2.24, 2.45) is 17.6 Å². The summed E-state index contributed by atoms with van der Waals surface area (Å²) >= 11 is 0. The number of carboxylic acids is 2. The van der Waals surface area contributed by atoms with Crippen molar-refractivity contribution in [1.29, 1.82) is 0 Å². The first kappa shape index (κ1) is 51.9. The number of benzene rings is 3. The number of carbonyl (C=O) groups excluding carboxylic acids is 6. The van der Waals surface area contributed by atoms with E-state index in [1.54, 1.807) is 50.4 Å². The van der Waals surface area contributed by atoms with Gasteiger partial charge in [-0.05, 0) is 60.3 Å². The van der Waals surface area contributed by atoms with Crippen molar-refractivity contribution in [3.63, 3.8) is 0 Å². The summed E-state index contributed by atoms with van der Waals surface area (Å²) in [6, 6.07) is 17.1. The summed E-state index contributed by atoms with van der Waals surface area (Å²) in [5.41, 5.74) is 9.63. The molecule has 1 aliphatic heterocycles. The highest BCUT2D eigenvalue weighted by molar-refractivity contribution is 5.98. The van der Waals surface area contributed by atoms with Crippen LogP contribution in [0.5, 0.6) is 0 Å². The van der Waals surface area contributed by atoms with Gasteiger partial charge in [-0.15, -0.1) is 0 Å². The van der Waals surface area contributed by atoms with E-state index >= 15 is 0 Å². The lowest BCUT2D eigenvalue weighted by atomic mass is 9.97. The molecule has 0 bridgehead atoms. The third kappa shape index (κ3) is 14.5. The van der Waals surface area contributed by atoms with Gasteiger partial charge in [-0.2, -0.15) is 0 Å². The van der Waals surface area contributed by atoms with E-state index in [1.165, 1.54) is 4.90 Å².